The summed E-state index contributed by atoms with van der Waals surface area (Å²) in [5, 5.41) is 0. The molecule has 2 aliphatic heterocycles. The molecule has 12 heteroatoms. The predicted octanol–water partition coefficient (Wildman–Crippen LogP) is 0.901. The number of amides is 1. The van der Waals surface area contributed by atoms with Crippen LogP contribution < -0.4 is 0 Å². The van der Waals surface area contributed by atoms with E-state index in [1.807, 2.05) is 0 Å². The fourth-order valence-electron chi connectivity index (χ4n) is 2.66. The Balaban J connectivity index is 1.72. The summed E-state index contributed by atoms with van der Waals surface area (Å²) >= 11 is 0. The maximum atomic E-state index is 12.6. The van der Waals surface area contributed by atoms with Gasteiger partial charge in [0, 0.05) is 32.2 Å². The summed E-state index contributed by atoms with van der Waals surface area (Å²) in [6.07, 6.45) is 2.39. The molecule has 0 aromatic carbocycles. The number of rotatable bonds is 4. The van der Waals surface area contributed by atoms with Crippen LogP contribution in [0.15, 0.2) is 40.7 Å². The highest BCUT2D eigenvalue weighted by molar-refractivity contribution is 7.90. The monoisotopic (exact) mass is 403 g/mol. The van der Waals surface area contributed by atoms with E-state index in [1.54, 1.807) is 4.90 Å². The molecule has 27 heavy (non-hydrogen) atoms. The first-order chi connectivity index (χ1) is 12.5. The Kier molecular flexibility index (Phi) is 4.84. The number of carbonyl (C=O) groups is 1. The summed E-state index contributed by atoms with van der Waals surface area (Å²) in [6.45, 7) is -1.13. The zero-order chi connectivity index (χ0) is 19.8. The second-order valence-electron chi connectivity index (χ2n) is 6.09. The summed E-state index contributed by atoms with van der Waals surface area (Å²) in [6, 6.07) is 0. The Bertz CT molecular complexity index is 946. The molecule has 0 atom stereocenters. The van der Waals surface area contributed by atoms with Crippen molar-refractivity contribution >= 4 is 21.8 Å². The van der Waals surface area contributed by atoms with E-state index in [0.29, 0.717) is 0 Å². The third kappa shape index (κ3) is 4.56. The van der Waals surface area contributed by atoms with Gasteiger partial charge < -0.3 is 14.4 Å². The Morgan fingerprint density at radius 1 is 1.33 bits per heavy atom. The molecule has 1 amide bonds. The molecule has 0 spiro atoms. The third-order valence-corrected chi connectivity index (χ3v) is 5.11. The summed E-state index contributed by atoms with van der Waals surface area (Å²) in [5.74, 6) is -0.260. The quantitative estimate of drug-likeness (QED) is 0.746. The molecule has 2 aliphatic rings. The largest absolute Gasteiger partial charge is 0.406 e. The van der Waals surface area contributed by atoms with Gasteiger partial charge in [-0.05, 0) is 12.2 Å². The maximum Gasteiger partial charge on any atom is 0.406 e. The molecule has 146 valence electrons. The van der Waals surface area contributed by atoms with Crippen molar-refractivity contribution in [2.75, 3.05) is 19.3 Å². The highest BCUT2D eigenvalue weighted by atomic mass is 32.2. The first-order valence-electron chi connectivity index (χ1n) is 7.85. The number of aromatic nitrogens is 2. The van der Waals surface area contributed by atoms with Crippen LogP contribution in [0.5, 0.6) is 0 Å². The second kappa shape index (κ2) is 6.83. The normalized spacial score (nSPS) is 18.6. The first kappa shape index (κ1) is 19.1. The average molecular weight is 403 g/mol. The van der Waals surface area contributed by atoms with Gasteiger partial charge in [-0.1, -0.05) is 0 Å². The van der Waals surface area contributed by atoms with E-state index in [-0.39, 0.29) is 36.1 Å². The molecular weight excluding hydrogens is 387 g/mol. The van der Waals surface area contributed by atoms with E-state index in [0.717, 1.165) is 4.57 Å². The van der Waals surface area contributed by atoms with Crippen molar-refractivity contribution in [1.29, 1.82) is 0 Å². The van der Waals surface area contributed by atoms with Gasteiger partial charge in [0.05, 0.1) is 17.9 Å². The lowest BCUT2D eigenvalue weighted by Gasteiger charge is -2.28. The van der Waals surface area contributed by atoms with Gasteiger partial charge in [-0.2, -0.15) is 13.2 Å². The van der Waals surface area contributed by atoms with Gasteiger partial charge in [-0.25, -0.2) is 13.4 Å². The zero-order valence-electron chi connectivity index (χ0n) is 14.2. The van der Waals surface area contributed by atoms with Crippen molar-refractivity contribution in [1.82, 2.24) is 19.4 Å². The SMILES string of the molecule is CN(Cc1nccn1CC(F)(F)F)C(=O)C1=CN2CCS(=O)(=O)N=C2C=C1. The molecule has 0 fully saturated rings. The Hall–Kier alpha value is -2.63. The molecule has 1 aromatic heterocycles. The van der Waals surface area contributed by atoms with Crippen LogP contribution in [0.3, 0.4) is 0 Å². The lowest BCUT2D eigenvalue weighted by atomic mass is 10.1. The van der Waals surface area contributed by atoms with Crippen LogP contribution in [0.1, 0.15) is 5.82 Å². The number of halogens is 3. The van der Waals surface area contributed by atoms with Crippen molar-refractivity contribution in [3.05, 3.63) is 42.1 Å². The van der Waals surface area contributed by atoms with Crippen LogP contribution >= 0.6 is 0 Å². The number of fused-ring (bicyclic) bond motifs is 1. The van der Waals surface area contributed by atoms with Crippen LogP contribution in [0, 0.1) is 0 Å². The number of hydrogen-bond donors (Lipinski definition) is 0. The van der Waals surface area contributed by atoms with Crippen LogP contribution in [-0.2, 0) is 27.9 Å². The van der Waals surface area contributed by atoms with Gasteiger partial charge in [0.25, 0.3) is 15.9 Å². The molecule has 0 saturated heterocycles. The summed E-state index contributed by atoms with van der Waals surface area (Å²) in [5.41, 5.74) is 0.268. The van der Waals surface area contributed by atoms with Crippen molar-refractivity contribution < 1.29 is 26.4 Å². The number of hydrogen-bond acceptors (Lipinski definition) is 5. The predicted molar refractivity (Wildman–Crippen MR) is 89.9 cm³/mol. The molecule has 3 heterocycles. The van der Waals surface area contributed by atoms with E-state index in [1.165, 1.54) is 42.7 Å². The maximum absolute atomic E-state index is 12.6. The minimum Gasteiger partial charge on any atom is -0.334 e. The Morgan fingerprint density at radius 2 is 2.07 bits per heavy atom. The van der Waals surface area contributed by atoms with E-state index >= 15 is 0 Å². The first-order valence-corrected chi connectivity index (χ1v) is 9.46. The number of nitrogens with zero attached hydrogens (tertiary/aromatic N) is 5. The summed E-state index contributed by atoms with van der Waals surface area (Å²) in [4.78, 5) is 19.3. The number of sulfonamides is 1. The Morgan fingerprint density at radius 3 is 2.78 bits per heavy atom. The highest BCUT2D eigenvalue weighted by Gasteiger charge is 2.30. The van der Waals surface area contributed by atoms with E-state index in [9.17, 15) is 26.4 Å². The standard InChI is InChI=1S/C15H16F3N5O3S/c1-21(9-13-19-4-5-23(13)10-15(16,17)18)14(24)11-2-3-12-20-27(25,26)7-6-22(12)8-11/h2-5,8H,6-7,9-10H2,1H3. The van der Waals surface area contributed by atoms with Crippen molar-refractivity contribution in [3.63, 3.8) is 0 Å². The number of imidazole rings is 1. The molecule has 0 unspecified atom stereocenters. The molecule has 8 nitrogen and oxygen atoms in total. The smallest absolute Gasteiger partial charge is 0.334 e. The van der Waals surface area contributed by atoms with Gasteiger partial charge >= 0.3 is 6.18 Å². The van der Waals surface area contributed by atoms with Crippen LogP contribution in [0.25, 0.3) is 0 Å². The van der Waals surface area contributed by atoms with Crippen molar-refractivity contribution in [2.45, 2.75) is 19.3 Å². The van der Waals surface area contributed by atoms with E-state index in [2.05, 4.69) is 9.38 Å². The molecule has 3 rings (SSSR count). The minimum atomic E-state index is -4.39. The van der Waals surface area contributed by atoms with Gasteiger partial charge in [-0.3, -0.25) is 4.79 Å². The topological polar surface area (TPSA) is 87.9 Å². The number of carbonyl (C=O) groups excluding carboxylic acids is 1. The van der Waals surface area contributed by atoms with Gasteiger partial charge in [0.1, 0.15) is 18.2 Å². The van der Waals surface area contributed by atoms with Crippen LogP contribution in [0.4, 0.5) is 13.2 Å². The highest BCUT2D eigenvalue weighted by Crippen LogP contribution is 2.20. The zero-order valence-corrected chi connectivity index (χ0v) is 15.0. The molecule has 0 radical (unpaired) electrons. The lowest BCUT2D eigenvalue weighted by Crippen LogP contribution is -2.38. The molecule has 0 bridgehead atoms. The minimum absolute atomic E-state index is 0.106. The Labute approximate surface area is 153 Å². The fourth-order valence-corrected chi connectivity index (χ4v) is 3.63. The van der Waals surface area contributed by atoms with Crippen LogP contribution in [0.2, 0.25) is 0 Å². The average Bonchev–Trinajstić information content (AvgIpc) is 2.97. The van der Waals surface area contributed by atoms with Crippen molar-refractivity contribution in [2.24, 2.45) is 4.40 Å². The fraction of sp³-hybridized carbons (Fsp3) is 0.400. The molecule has 0 N–H and O–H groups in total. The number of likely N-dealkylation sites (N-methyl/N-ethyl adjacent to an activating group) is 1. The van der Waals surface area contributed by atoms with E-state index in [4.69, 9.17) is 0 Å². The summed E-state index contributed by atoms with van der Waals surface area (Å²) in [7, 11) is -2.04. The van der Waals surface area contributed by atoms with Crippen molar-refractivity contribution in [3.8, 4) is 0 Å². The lowest BCUT2D eigenvalue weighted by molar-refractivity contribution is -0.141. The number of alkyl halides is 3. The molecule has 0 saturated carbocycles. The third-order valence-electron chi connectivity index (χ3n) is 3.95. The summed E-state index contributed by atoms with van der Waals surface area (Å²) < 4.78 is 65.3. The molecular formula is C15H16F3N5O3S. The van der Waals surface area contributed by atoms with Gasteiger partial charge in [-0.15, -0.1) is 4.40 Å². The van der Waals surface area contributed by atoms with E-state index < -0.39 is 28.7 Å². The van der Waals surface area contributed by atoms with Crippen LogP contribution in [-0.4, -0.2) is 65.0 Å². The van der Waals surface area contributed by atoms with Gasteiger partial charge in [0.15, 0.2) is 0 Å². The molecule has 1 aromatic rings. The second-order valence-corrected chi connectivity index (χ2v) is 7.85. The molecule has 0 aliphatic carbocycles. The van der Waals surface area contributed by atoms with Gasteiger partial charge in [0.2, 0.25) is 0 Å². The number of amidine groups is 1.